The van der Waals surface area contributed by atoms with Crippen molar-refractivity contribution in [2.24, 2.45) is 0 Å². The van der Waals surface area contributed by atoms with Crippen molar-refractivity contribution in [1.82, 2.24) is 14.9 Å². The zero-order valence-electron chi connectivity index (χ0n) is 14.1. The van der Waals surface area contributed by atoms with E-state index in [1.165, 1.54) is 11.6 Å². The van der Waals surface area contributed by atoms with Crippen molar-refractivity contribution in [1.29, 1.82) is 0 Å². The Morgan fingerprint density at radius 2 is 2.04 bits per heavy atom. The summed E-state index contributed by atoms with van der Waals surface area (Å²) in [7, 11) is 1.93. The van der Waals surface area contributed by atoms with E-state index in [-0.39, 0.29) is 5.82 Å². The standard InChI is InChI=1S/C19H22FN3O/c1-3-23-12-15(6-7-21-2)19-17(23)10-16(20)11-18(19)24-13-14-4-8-22-9-5-14/h4-5,8-12,21H,3,6-7,13H2,1-2H3. The number of pyridine rings is 1. The molecule has 0 unspecified atom stereocenters. The Labute approximate surface area is 141 Å². The molecule has 2 aromatic heterocycles. The average molecular weight is 327 g/mol. The van der Waals surface area contributed by atoms with Gasteiger partial charge in [0, 0.05) is 36.6 Å². The number of fused-ring (bicyclic) bond motifs is 1. The molecule has 1 N–H and O–H groups in total. The quantitative estimate of drug-likeness (QED) is 0.721. The number of ether oxygens (including phenoxy) is 1. The van der Waals surface area contributed by atoms with E-state index < -0.39 is 0 Å². The number of hydrogen-bond donors (Lipinski definition) is 1. The number of rotatable bonds is 7. The lowest BCUT2D eigenvalue weighted by atomic mass is 10.1. The summed E-state index contributed by atoms with van der Waals surface area (Å²) in [5, 5.41) is 4.17. The van der Waals surface area contributed by atoms with Gasteiger partial charge < -0.3 is 14.6 Å². The highest BCUT2D eigenvalue weighted by Crippen LogP contribution is 2.33. The van der Waals surface area contributed by atoms with Crippen LogP contribution in [0.25, 0.3) is 10.9 Å². The first-order valence-corrected chi connectivity index (χ1v) is 8.20. The molecule has 0 amide bonds. The number of aromatic nitrogens is 2. The monoisotopic (exact) mass is 327 g/mol. The minimum absolute atomic E-state index is 0.278. The van der Waals surface area contributed by atoms with Gasteiger partial charge in [-0.1, -0.05) is 0 Å². The summed E-state index contributed by atoms with van der Waals surface area (Å²) < 4.78 is 22.1. The molecule has 24 heavy (non-hydrogen) atoms. The third-order valence-electron chi connectivity index (χ3n) is 4.12. The average Bonchev–Trinajstić information content (AvgIpc) is 2.96. The van der Waals surface area contributed by atoms with Gasteiger partial charge in [-0.2, -0.15) is 0 Å². The molecule has 0 atom stereocenters. The Hall–Kier alpha value is -2.40. The van der Waals surface area contributed by atoms with Gasteiger partial charge in [-0.3, -0.25) is 4.98 Å². The molecule has 2 heterocycles. The molecule has 0 aliphatic rings. The van der Waals surface area contributed by atoms with Crippen LogP contribution in [0.4, 0.5) is 4.39 Å². The van der Waals surface area contributed by atoms with Crippen LogP contribution in [0, 0.1) is 5.82 Å². The highest BCUT2D eigenvalue weighted by molar-refractivity contribution is 5.90. The predicted octanol–water partition coefficient (Wildman–Crippen LogP) is 3.54. The molecule has 3 aromatic rings. The van der Waals surface area contributed by atoms with Crippen molar-refractivity contribution in [3.05, 3.63) is 59.8 Å². The smallest absolute Gasteiger partial charge is 0.132 e. The van der Waals surface area contributed by atoms with E-state index in [1.807, 2.05) is 19.2 Å². The van der Waals surface area contributed by atoms with Crippen LogP contribution in [0.15, 0.2) is 42.9 Å². The number of nitrogens with one attached hydrogen (secondary N) is 1. The third kappa shape index (κ3) is 3.41. The van der Waals surface area contributed by atoms with Gasteiger partial charge in [-0.15, -0.1) is 0 Å². The third-order valence-corrected chi connectivity index (χ3v) is 4.12. The van der Waals surface area contributed by atoms with E-state index >= 15 is 0 Å². The van der Waals surface area contributed by atoms with Gasteiger partial charge in [0.1, 0.15) is 18.2 Å². The number of benzene rings is 1. The topological polar surface area (TPSA) is 39.1 Å². The maximum atomic E-state index is 14.1. The van der Waals surface area contributed by atoms with Gasteiger partial charge in [0.05, 0.1) is 5.52 Å². The van der Waals surface area contributed by atoms with Crippen LogP contribution in [0.1, 0.15) is 18.1 Å². The molecule has 5 heteroatoms. The maximum absolute atomic E-state index is 14.1. The number of halogens is 1. The van der Waals surface area contributed by atoms with Gasteiger partial charge in [0.15, 0.2) is 0 Å². The Bertz CT molecular complexity index is 814. The fourth-order valence-corrected chi connectivity index (χ4v) is 2.90. The molecule has 0 saturated heterocycles. The van der Waals surface area contributed by atoms with E-state index in [9.17, 15) is 4.39 Å². The first-order chi connectivity index (χ1) is 11.7. The lowest BCUT2D eigenvalue weighted by Gasteiger charge is -2.10. The van der Waals surface area contributed by atoms with Crippen LogP contribution in [0.2, 0.25) is 0 Å². The van der Waals surface area contributed by atoms with Crippen LogP contribution in [-0.2, 0) is 19.6 Å². The molecule has 126 valence electrons. The lowest BCUT2D eigenvalue weighted by Crippen LogP contribution is -2.10. The molecule has 0 aliphatic heterocycles. The zero-order valence-corrected chi connectivity index (χ0v) is 14.1. The summed E-state index contributed by atoms with van der Waals surface area (Å²) in [5.41, 5.74) is 3.06. The second-order valence-corrected chi connectivity index (χ2v) is 5.74. The summed E-state index contributed by atoms with van der Waals surface area (Å²) in [6.07, 6.45) is 6.43. The van der Waals surface area contributed by atoms with Crippen molar-refractivity contribution >= 4 is 10.9 Å². The second-order valence-electron chi connectivity index (χ2n) is 5.74. The highest BCUT2D eigenvalue weighted by atomic mass is 19.1. The number of nitrogens with zero attached hydrogens (tertiary/aromatic N) is 2. The molecule has 0 radical (unpaired) electrons. The lowest BCUT2D eigenvalue weighted by molar-refractivity contribution is 0.308. The predicted molar refractivity (Wildman–Crippen MR) is 93.8 cm³/mol. The van der Waals surface area contributed by atoms with Crippen LogP contribution in [0.3, 0.4) is 0 Å². The Morgan fingerprint density at radius 1 is 1.25 bits per heavy atom. The highest BCUT2D eigenvalue weighted by Gasteiger charge is 2.15. The van der Waals surface area contributed by atoms with Crippen LogP contribution >= 0.6 is 0 Å². The molecule has 0 fully saturated rings. The molecule has 3 rings (SSSR count). The Kier molecular flexibility index (Phi) is 5.11. The summed E-state index contributed by atoms with van der Waals surface area (Å²) >= 11 is 0. The van der Waals surface area contributed by atoms with Gasteiger partial charge in [-0.25, -0.2) is 4.39 Å². The van der Waals surface area contributed by atoms with Crippen molar-refractivity contribution in [2.45, 2.75) is 26.5 Å². The molecule has 0 bridgehead atoms. The van der Waals surface area contributed by atoms with Crippen molar-refractivity contribution < 1.29 is 9.13 Å². The Balaban J connectivity index is 2.00. The van der Waals surface area contributed by atoms with Gasteiger partial charge in [0.2, 0.25) is 0 Å². The molecule has 1 aromatic carbocycles. The largest absolute Gasteiger partial charge is 0.488 e. The fourth-order valence-electron chi connectivity index (χ4n) is 2.90. The van der Waals surface area contributed by atoms with Crippen LogP contribution < -0.4 is 10.1 Å². The summed E-state index contributed by atoms with van der Waals surface area (Å²) in [4.78, 5) is 4.00. The van der Waals surface area contributed by atoms with E-state index in [0.717, 1.165) is 36.0 Å². The van der Waals surface area contributed by atoms with Crippen molar-refractivity contribution in [3.63, 3.8) is 0 Å². The first kappa shape index (κ1) is 16.5. The molecular weight excluding hydrogens is 305 g/mol. The number of hydrogen-bond acceptors (Lipinski definition) is 3. The van der Waals surface area contributed by atoms with Gasteiger partial charge in [0.25, 0.3) is 0 Å². The fraction of sp³-hybridized carbons (Fsp3) is 0.316. The SMILES string of the molecule is CCn1cc(CCNC)c2c(OCc3ccncc3)cc(F)cc21. The summed E-state index contributed by atoms with van der Waals surface area (Å²) in [5.74, 6) is 0.320. The van der Waals surface area contributed by atoms with Crippen LogP contribution in [-0.4, -0.2) is 23.1 Å². The minimum Gasteiger partial charge on any atom is -0.488 e. The normalized spacial score (nSPS) is 11.1. The van der Waals surface area contributed by atoms with Gasteiger partial charge >= 0.3 is 0 Å². The van der Waals surface area contributed by atoms with E-state index in [0.29, 0.717) is 12.4 Å². The molecule has 0 aliphatic carbocycles. The summed E-state index contributed by atoms with van der Waals surface area (Å²) in [6.45, 7) is 4.11. The van der Waals surface area contributed by atoms with E-state index in [4.69, 9.17) is 4.74 Å². The van der Waals surface area contributed by atoms with E-state index in [1.54, 1.807) is 18.5 Å². The first-order valence-electron chi connectivity index (χ1n) is 8.20. The zero-order chi connectivity index (χ0) is 16.9. The van der Waals surface area contributed by atoms with Gasteiger partial charge in [-0.05, 0) is 56.3 Å². The van der Waals surface area contributed by atoms with Crippen molar-refractivity contribution in [3.8, 4) is 5.75 Å². The van der Waals surface area contributed by atoms with Crippen LogP contribution in [0.5, 0.6) is 5.75 Å². The summed E-state index contributed by atoms with van der Waals surface area (Å²) in [6, 6.07) is 6.86. The number of likely N-dealkylation sites (N-methyl/N-ethyl adjacent to an activating group) is 1. The molecular formula is C19H22FN3O. The Morgan fingerprint density at radius 3 is 2.75 bits per heavy atom. The second kappa shape index (κ2) is 7.45. The number of aryl methyl sites for hydroxylation is 1. The van der Waals surface area contributed by atoms with Crippen molar-refractivity contribution in [2.75, 3.05) is 13.6 Å². The molecule has 0 spiro atoms. The molecule has 4 nitrogen and oxygen atoms in total. The van der Waals surface area contributed by atoms with E-state index in [2.05, 4.69) is 28.0 Å². The minimum atomic E-state index is -0.278. The maximum Gasteiger partial charge on any atom is 0.132 e. The molecule has 0 saturated carbocycles.